The number of hydrogen-bond acceptors (Lipinski definition) is 2. The smallest absolute Gasteiger partial charge is 0.270 e. The minimum atomic E-state index is 0.953. The molecule has 0 atom stereocenters. The molecule has 2 aromatic heterocycles. The van der Waals surface area contributed by atoms with Gasteiger partial charge in [0, 0.05) is 16.8 Å². The number of furan rings is 1. The zero-order chi connectivity index (χ0) is 18.8. The number of hydrogen-bond donors (Lipinski definition) is 0. The first-order valence-electron chi connectivity index (χ1n) is 9.43. The van der Waals surface area contributed by atoms with Crippen LogP contribution in [0.3, 0.4) is 0 Å². The maximum absolute atomic E-state index is 6.41. The molecule has 0 amide bonds. The van der Waals surface area contributed by atoms with E-state index >= 15 is 0 Å². The largest absolute Gasteiger partial charge is 0.454 e. The quantitative estimate of drug-likeness (QED) is 0.288. The summed E-state index contributed by atoms with van der Waals surface area (Å²) in [6.45, 7) is 2.17. The van der Waals surface area contributed by atoms with Crippen molar-refractivity contribution in [2.45, 2.75) is 6.92 Å². The lowest BCUT2D eigenvalue weighted by molar-refractivity contribution is -0.629. The highest BCUT2D eigenvalue weighted by atomic mass is 32.1. The van der Waals surface area contributed by atoms with Crippen molar-refractivity contribution in [3.63, 3.8) is 0 Å². The molecule has 0 saturated heterocycles. The van der Waals surface area contributed by atoms with Crippen molar-refractivity contribution >= 4 is 54.3 Å². The van der Waals surface area contributed by atoms with Crippen molar-refractivity contribution in [1.29, 1.82) is 0 Å². The number of nitrogens with zero attached hydrogens (tertiary/aromatic N) is 1. The molecule has 0 aliphatic rings. The van der Waals surface area contributed by atoms with Gasteiger partial charge in [-0.05, 0) is 47.5 Å². The molecule has 0 bridgehead atoms. The van der Waals surface area contributed by atoms with Crippen molar-refractivity contribution in [3.8, 4) is 10.6 Å². The van der Waals surface area contributed by atoms with Crippen molar-refractivity contribution in [3.05, 3.63) is 78.4 Å². The van der Waals surface area contributed by atoms with Crippen LogP contribution in [-0.4, -0.2) is 0 Å². The summed E-state index contributed by atoms with van der Waals surface area (Å²) in [5.41, 5.74) is 5.72. The molecule has 0 unspecified atom stereocenters. The summed E-state index contributed by atoms with van der Waals surface area (Å²) in [6.07, 6.45) is 0. The van der Waals surface area contributed by atoms with Crippen molar-refractivity contribution in [1.82, 2.24) is 0 Å². The van der Waals surface area contributed by atoms with Gasteiger partial charge in [0.25, 0.3) is 5.01 Å². The summed E-state index contributed by atoms with van der Waals surface area (Å²) in [5.74, 6) is 0. The predicted octanol–water partition coefficient (Wildman–Crippen LogP) is 6.75. The normalized spacial score (nSPS) is 11.9. The Kier molecular flexibility index (Phi) is 3.21. The molecule has 0 N–H and O–H groups in total. The molecule has 2 heterocycles. The Morgan fingerprint density at radius 1 is 0.821 bits per heavy atom. The summed E-state index contributed by atoms with van der Waals surface area (Å²) in [6, 6.07) is 25.9. The molecular weight excluding hydrogens is 362 g/mol. The molecule has 0 aliphatic carbocycles. The molecule has 0 saturated carbocycles. The number of benzene rings is 4. The second kappa shape index (κ2) is 5.66. The fourth-order valence-electron chi connectivity index (χ4n) is 4.18. The maximum Gasteiger partial charge on any atom is 0.270 e. The highest BCUT2D eigenvalue weighted by Gasteiger charge is 2.24. The van der Waals surface area contributed by atoms with Crippen LogP contribution in [-0.2, 0) is 7.05 Å². The molecule has 3 heteroatoms. The van der Waals surface area contributed by atoms with E-state index in [2.05, 4.69) is 91.3 Å². The molecule has 0 radical (unpaired) electrons. The van der Waals surface area contributed by atoms with Crippen molar-refractivity contribution < 1.29 is 8.98 Å². The average Bonchev–Trinajstić information content (AvgIpc) is 3.24. The predicted molar refractivity (Wildman–Crippen MR) is 118 cm³/mol. The lowest BCUT2D eigenvalue weighted by Gasteiger charge is -1.98. The first-order valence-corrected chi connectivity index (χ1v) is 10.2. The fourth-order valence-corrected chi connectivity index (χ4v) is 5.50. The molecule has 28 heavy (non-hydrogen) atoms. The van der Waals surface area contributed by atoms with Crippen LogP contribution in [0.15, 0.2) is 77.2 Å². The highest BCUT2D eigenvalue weighted by molar-refractivity contribution is 7.22. The first kappa shape index (κ1) is 15.8. The summed E-state index contributed by atoms with van der Waals surface area (Å²) in [7, 11) is 2.14. The second-order valence-corrected chi connectivity index (χ2v) is 8.37. The van der Waals surface area contributed by atoms with Gasteiger partial charge in [0.15, 0.2) is 5.58 Å². The van der Waals surface area contributed by atoms with E-state index in [1.165, 1.54) is 47.9 Å². The zero-order valence-electron chi connectivity index (χ0n) is 15.7. The van der Waals surface area contributed by atoms with Crippen LogP contribution in [0, 0.1) is 6.92 Å². The molecule has 0 fully saturated rings. The van der Waals surface area contributed by atoms with Crippen LogP contribution in [0.5, 0.6) is 0 Å². The van der Waals surface area contributed by atoms with E-state index in [-0.39, 0.29) is 0 Å². The van der Waals surface area contributed by atoms with E-state index in [9.17, 15) is 0 Å². The van der Waals surface area contributed by atoms with Crippen LogP contribution in [0.25, 0.3) is 53.5 Å². The van der Waals surface area contributed by atoms with Crippen molar-refractivity contribution in [2.75, 3.05) is 0 Å². The van der Waals surface area contributed by atoms with Gasteiger partial charge >= 0.3 is 0 Å². The molecule has 0 aliphatic heterocycles. The van der Waals surface area contributed by atoms with E-state index in [1.807, 2.05) is 11.3 Å². The van der Waals surface area contributed by atoms with Gasteiger partial charge in [-0.1, -0.05) is 53.8 Å². The third-order valence-electron chi connectivity index (χ3n) is 5.68. The SMILES string of the molecule is Cc1ccccc1-c1sc2c3oc4cc5ccccc5cc4c3ccc2[n+]1C. The molecule has 6 rings (SSSR count). The second-order valence-electron chi connectivity index (χ2n) is 7.37. The minimum absolute atomic E-state index is 0.953. The van der Waals surface area contributed by atoms with Gasteiger partial charge in [0.1, 0.15) is 17.3 Å². The van der Waals surface area contributed by atoms with E-state index < -0.39 is 0 Å². The lowest BCUT2D eigenvalue weighted by atomic mass is 10.1. The summed E-state index contributed by atoms with van der Waals surface area (Å²) < 4.78 is 9.90. The number of rotatable bonds is 1. The van der Waals surface area contributed by atoms with E-state index in [4.69, 9.17) is 4.42 Å². The van der Waals surface area contributed by atoms with Crippen LogP contribution < -0.4 is 4.57 Å². The average molecular weight is 380 g/mol. The number of thiazole rings is 1. The Hall–Kier alpha value is -3.17. The zero-order valence-corrected chi connectivity index (χ0v) is 16.5. The first-order chi connectivity index (χ1) is 13.7. The van der Waals surface area contributed by atoms with Crippen LogP contribution >= 0.6 is 11.3 Å². The summed E-state index contributed by atoms with van der Waals surface area (Å²) >= 11 is 1.81. The molecular formula is C25H18NOS+. The van der Waals surface area contributed by atoms with Gasteiger partial charge in [0.05, 0.1) is 5.56 Å². The Morgan fingerprint density at radius 3 is 2.39 bits per heavy atom. The van der Waals surface area contributed by atoms with Crippen LogP contribution in [0.1, 0.15) is 5.56 Å². The monoisotopic (exact) mass is 380 g/mol. The highest BCUT2D eigenvalue weighted by Crippen LogP contribution is 2.39. The van der Waals surface area contributed by atoms with Gasteiger partial charge in [-0.3, -0.25) is 0 Å². The maximum atomic E-state index is 6.41. The Morgan fingerprint density at radius 2 is 1.57 bits per heavy atom. The molecule has 0 spiro atoms. The Bertz CT molecular complexity index is 1540. The third kappa shape index (κ3) is 2.11. The molecule has 4 aromatic carbocycles. The summed E-state index contributed by atoms with van der Waals surface area (Å²) in [5, 5.41) is 6.08. The minimum Gasteiger partial charge on any atom is -0.454 e. The Labute approximate surface area is 166 Å². The van der Waals surface area contributed by atoms with Gasteiger partial charge in [0.2, 0.25) is 5.52 Å². The molecule has 6 aromatic rings. The van der Waals surface area contributed by atoms with Gasteiger partial charge in [-0.2, -0.15) is 4.57 Å². The third-order valence-corrected chi connectivity index (χ3v) is 6.97. The van der Waals surface area contributed by atoms with E-state index in [0.717, 1.165) is 11.2 Å². The van der Waals surface area contributed by atoms with Crippen LogP contribution in [0.4, 0.5) is 0 Å². The molecule has 134 valence electrons. The van der Waals surface area contributed by atoms with Crippen molar-refractivity contribution in [2.24, 2.45) is 7.05 Å². The topological polar surface area (TPSA) is 17.0 Å². The standard InChI is InChI=1S/C25H18NOS/c1-15-7-3-6-10-18(15)25-26(2)21-12-11-19-20-13-16-8-4-5-9-17(16)14-22(20)27-23(19)24(21)28-25/h3-14H,1-2H3/q+1. The lowest BCUT2D eigenvalue weighted by Crippen LogP contribution is -2.28. The van der Waals surface area contributed by atoms with Gasteiger partial charge < -0.3 is 4.42 Å². The van der Waals surface area contributed by atoms with E-state index in [0.29, 0.717) is 0 Å². The van der Waals surface area contributed by atoms with Gasteiger partial charge in [-0.15, -0.1) is 0 Å². The van der Waals surface area contributed by atoms with E-state index in [1.54, 1.807) is 0 Å². The molecule has 2 nitrogen and oxygen atoms in total. The number of fused-ring (bicyclic) bond motifs is 6. The fraction of sp³-hybridized carbons (Fsp3) is 0.0800. The number of aromatic nitrogens is 1. The Balaban J connectivity index is 1.72. The number of aryl methyl sites for hydroxylation is 2. The van der Waals surface area contributed by atoms with Gasteiger partial charge in [-0.25, -0.2) is 0 Å². The summed E-state index contributed by atoms with van der Waals surface area (Å²) in [4.78, 5) is 0. The van der Waals surface area contributed by atoms with Crippen LogP contribution in [0.2, 0.25) is 0 Å².